The Labute approximate surface area is 210 Å². The molecule has 2 N–H and O–H groups in total. The van der Waals surface area contributed by atoms with Crippen LogP contribution in [0.25, 0.3) is 5.69 Å². The first-order valence-electron chi connectivity index (χ1n) is 11.7. The molecule has 0 saturated carbocycles. The Hall–Kier alpha value is -3.84. The highest BCUT2D eigenvalue weighted by Gasteiger charge is 2.42. The van der Waals surface area contributed by atoms with E-state index in [1.807, 2.05) is 67.7 Å². The van der Waals surface area contributed by atoms with Gasteiger partial charge < -0.3 is 24.6 Å². The van der Waals surface area contributed by atoms with E-state index in [2.05, 4.69) is 39.7 Å². The highest BCUT2D eigenvalue weighted by atomic mass is 32.1. The number of phenols is 1. The Morgan fingerprint density at radius 1 is 1.00 bits per heavy atom. The van der Waals surface area contributed by atoms with Crippen molar-refractivity contribution < 1.29 is 9.84 Å². The van der Waals surface area contributed by atoms with Crippen LogP contribution in [-0.4, -0.2) is 26.4 Å². The first-order chi connectivity index (χ1) is 17.0. The molecule has 0 radical (unpaired) electrons. The van der Waals surface area contributed by atoms with Gasteiger partial charge in [0.15, 0.2) is 5.11 Å². The van der Waals surface area contributed by atoms with Crippen LogP contribution in [0, 0.1) is 13.8 Å². The summed E-state index contributed by atoms with van der Waals surface area (Å²) in [6, 6.07) is 23.3. The topological polar surface area (TPSA) is 62.5 Å². The van der Waals surface area contributed by atoms with Crippen molar-refractivity contribution in [3.8, 4) is 17.2 Å². The van der Waals surface area contributed by atoms with E-state index < -0.39 is 0 Å². The number of hydrogen-bond acceptors (Lipinski definition) is 4. The molecule has 2 aromatic carbocycles. The molecule has 1 saturated heterocycles. The number of aromatic hydroxyl groups is 1. The number of nitrogens with zero attached hydrogens (tertiary/aromatic N) is 3. The summed E-state index contributed by atoms with van der Waals surface area (Å²) in [5, 5.41) is 14.0. The van der Waals surface area contributed by atoms with Crippen molar-refractivity contribution in [2.45, 2.75) is 32.9 Å². The fourth-order valence-electron chi connectivity index (χ4n) is 4.90. The highest BCUT2D eigenvalue weighted by molar-refractivity contribution is 7.80. The van der Waals surface area contributed by atoms with E-state index in [0.717, 1.165) is 39.8 Å². The van der Waals surface area contributed by atoms with Crippen LogP contribution >= 0.6 is 12.2 Å². The van der Waals surface area contributed by atoms with Gasteiger partial charge in [0.25, 0.3) is 0 Å². The lowest BCUT2D eigenvalue weighted by molar-refractivity contribution is 0.340. The fourth-order valence-corrected chi connectivity index (χ4v) is 5.25. The number of pyridine rings is 1. The standard InChI is InChI=1S/C28H28N4O2S/c1-4-34-23-14-10-21(11-15-23)32-27(26(30-28(32)35)25-7-5-6-16-29-25)24-17-18(2)31(19(24)3)20-8-12-22(33)13-9-20/h5-17,26-27,33H,4H2,1-3H3,(H,30,35). The van der Waals surface area contributed by atoms with Crippen LogP contribution in [-0.2, 0) is 0 Å². The highest BCUT2D eigenvalue weighted by Crippen LogP contribution is 2.44. The molecule has 0 bridgehead atoms. The van der Waals surface area contributed by atoms with E-state index in [9.17, 15) is 5.11 Å². The van der Waals surface area contributed by atoms with Gasteiger partial charge in [-0.15, -0.1) is 0 Å². The predicted molar refractivity (Wildman–Crippen MR) is 142 cm³/mol. The number of aryl methyl sites for hydroxylation is 1. The van der Waals surface area contributed by atoms with E-state index in [0.29, 0.717) is 11.7 Å². The number of phenolic OH excluding ortho intramolecular Hbond substituents is 1. The van der Waals surface area contributed by atoms with Crippen LogP contribution in [0.15, 0.2) is 79.0 Å². The number of hydrogen-bond donors (Lipinski definition) is 2. The van der Waals surface area contributed by atoms with Gasteiger partial charge >= 0.3 is 0 Å². The molecule has 3 heterocycles. The SMILES string of the molecule is CCOc1ccc(N2C(=S)NC(c3ccccn3)C2c2cc(C)n(-c3ccc(O)cc3)c2C)cc1. The van der Waals surface area contributed by atoms with Crippen LogP contribution in [0.2, 0.25) is 0 Å². The molecular weight excluding hydrogens is 456 g/mol. The first-order valence-corrected chi connectivity index (χ1v) is 12.1. The second-order valence-electron chi connectivity index (χ2n) is 8.60. The van der Waals surface area contributed by atoms with Crippen molar-refractivity contribution in [1.82, 2.24) is 14.9 Å². The maximum atomic E-state index is 9.77. The molecule has 2 unspecified atom stereocenters. The van der Waals surface area contributed by atoms with Crippen molar-refractivity contribution in [2.75, 3.05) is 11.5 Å². The monoisotopic (exact) mass is 484 g/mol. The van der Waals surface area contributed by atoms with E-state index in [4.69, 9.17) is 17.0 Å². The largest absolute Gasteiger partial charge is 0.508 e. The van der Waals surface area contributed by atoms with Gasteiger partial charge in [0.05, 0.1) is 24.4 Å². The number of rotatable bonds is 6. The minimum absolute atomic E-state index is 0.104. The second kappa shape index (κ2) is 9.43. The van der Waals surface area contributed by atoms with E-state index in [-0.39, 0.29) is 17.8 Å². The van der Waals surface area contributed by atoms with Crippen LogP contribution in [0.5, 0.6) is 11.5 Å². The fraction of sp³-hybridized carbons (Fsp3) is 0.214. The summed E-state index contributed by atoms with van der Waals surface area (Å²) in [7, 11) is 0. The van der Waals surface area contributed by atoms with Gasteiger partial charge in [0.1, 0.15) is 11.5 Å². The zero-order valence-corrected chi connectivity index (χ0v) is 20.8. The zero-order valence-electron chi connectivity index (χ0n) is 20.0. The van der Waals surface area contributed by atoms with Crippen LogP contribution < -0.4 is 15.0 Å². The summed E-state index contributed by atoms with van der Waals surface area (Å²) in [5.41, 5.74) is 6.30. The molecule has 0 spiro atoms. The van der Waals surface area contributed by atoms with Crippen LogP contribution in [0.4, 0.5) is 5.69 Å². The molecule has 2 aromatic heterocycles. The van der Waals surface area contributed by atoms with Crippen molar-refractivity contribution in [2.24, 2.45) is 0 Å². The van der Waals surface area contributed by atoms with Crippen molar-refractivity contribution >= 4 is 23.0 Å². The molecule has 178 valence electrons. The summed E-state index contributed by atoms with van der Waals surface area (Å²) in [5.74, 6) is 1.08. The van der Waals surface area contributed by atoms with Crippen LogP contribution in [0.3, 0.4) is 0 Å². The van der Waals surface area contributed by atoms with Crippen molar-refractivity contribution in [3.05, 3.63) is 102 Å². The number of aromatic nitrogens is 2. The predicted octanol–water partition coefficient (Wildman–Crippen LogP) is 5.77. The number of thiocarbonyl (C=S) groups is 1. The maximum absolute atomic E-state index is 9.77. The quantitative estimate of drug-likeness (QED) is 0.339. The average Bonchev–Trinajstić information content (AvgIpc) is 3.36. The number of nitrogens with one attached hydrogen (secondary N) is 1. The molecule has 5 rings (SSSR count). The Morgan fingerprint density at radius 2 is 1.71 bits per heavy atom. The maximum Gasteiger partial charge on any atom is 0.174 e. The molecule has 1 aliphatic rings. The Balaban J connectivity index is 1.63. The van der Waals surface area contributed by atoms with E-state index >= 15 is 0 Å². The van der Waals surface area contributed by atoms with Crippen molar-refractivity contribution in [3.63, 3.8) is 0 Å². The molecule has 35 heavy (non-hydrogen) atoms. The molecule has 1 fully saturated rings. The molecule has 6 nitrogen and oxygen atoms in total. The minimum Gasteiger partial charge on any atom is -0.508 e. The number of benzene rings is 2. The molecule has 7 heteroatoms. The number of ether oxygens (including phenoxy) is 1. The smallest absolute Gasteiger partial charge is 0.174 e. The molecule has 0 amide bonds. The van der Waals surface area contributed by atoms with Gasteiger partial charge in [-0.3, -0.25) is 4.98 Å². The first kappa shape index (κ1) is 22.9. The van der Waals surface area contributed by atoms with Crippen molar-refractivity contribution in [1.29, 1.82) is 0 Å². The lowest BCUT2D eigenvalue weighted by Crippen LogP contribution is -2.29. The summed E-state index contributed by atoms with van der Waals surface area (Å²) in [4.78, 5) is 6.83. The van der Waals surface area contributed by atoms with Gasteiger partial charge in [-0.1, -0.05) is 6.07 Å². The third-order valence-corrected chi connectivity index (χ3v) is 6.74. The van der Waals surface area contributed by atoms with Gasteiger partial charge in [-0.2, -0.15) is 0 Å². The summed E-state index contributed by atoms with van der Waals surface area (Å²) in [6.07, 6.45) is 1.82. The Bertz CT molecular complexity index is 1330. The summed E-state index contributed by atoms with van der Waals surface area (Å²) < 4.78 is 7.86. The Kier molecular flexibility index (Phi) is 6.17. The molecule has 1 aliphatic heterocycles. The third-order valence-electron chi connectivity index (χ3n) is 6.42. The van der Waals surface area contributed by atoms with Gasteiger partial charge in [-0.25, -0.2) is 0 Å². The second-order valence-corrected chi connectivity index (χ2v) is 8.99. The van der Waals surface area contributed by atoms with E-state index in [1.165, 1.54) is 0 Å². The van der Waals surface area contributed by atoms with Gasteiger partial charge in [-0.05, 0) is 105 Å². The molecule has 2 atom stereocenters. The average molecular weight is 485 g/mol. The summed E-state index contributed by atoms with van der Waals surface area (Å²) in [6.45, 7) is 6.82. The van der Waals surface area contributed by atoms with Crippen LogP contribution in [0.1, 0.15) is 41.7 Å². The molecular formula is C28H28N4O2S. The lowest BCUT2D eigenvalue weighted by atomic mass is 9.96. The van der Waals surface area contributed by atoms with Gasteiger partial charge in [0, 0.05) is 29.0 Å². The normalized spacial score (nSPS) is 17.5. The minimum atomic E-state index is -0.121. The Morgan fingerprint density at radius 3 is 2.37 bits per heavy atom. The molecule has 4 aromatic rings. The zero-order chi connectivity index (χ0) is 24.5. The van der Waals surface area contributed by atoms with E-state index in [1.54, 1.807) is 12.1 Å². The number of anilines is 1. The molecule has 0 aliphatic carbocycles. The lowest BCUT2D eigenvalue weighted by Gasteiger charge is -2.28. The summed E-state index contributed by atoms with van der Waals surface area (Å²) >= 11 is 5.87. The van der Waals surface area contributed by atoms with Gasteiger partial charge in [0.2, 0.25) is 0 Å². The third kappa shape index (κ3) is 4.23.